The van der Waals surface area contributed by atoms with Gasteiger partial charge >= 0.3 is 0 Å². The van der Waals surface area contributed by atoms with E-state index < -0.39 is 0 Å². The molecule has 0 aliphatic rings. The number of pyridine rings is 1. The molecule has 1 amide bonds. The molecule has 0 saturated heterocycles. The molecule has 2 heterocycles. The molecule has 0 atom stereocenters. The number of hydrogen-bond donors (Lipinski definition) is 1. The molecule has 2 rings (SSSR count). The van der Waals surface area contributed by atoms with Gasteiger partial charge in [0.1, 0.15) is 5.69 Å². The Hall–Kier alpha value is -1.88. The fraction of sp³-hybridized carbons (Fsp3) is 0.375. The second-order valence-corrected chi connectivity index (χ2v) is 5.79. The minimum Gasteiger partial charge on any atom is -0.384 e. The van der Waals surface area contributed by atoms with Gasteiger partial charge in [0.25, 0.3) is 5.91 Å². The lowest BCUT2D eigenvalue weighted by atomic mass is 10.3. The summed E-state index contributed by atoms with van der Waals surface area (Å²) in [6, 6.07) is 7.75. The number of aromatic nitrogens is 1. The van der Waals surface area contributed by atoms with Crippen molar-refractivity contribution in [1.82, 2.24) is 9.88 Å². The number of thiophene rings is 1. The van der Waals surface area contributed by atoms with Gasteiger partial charge in [-0.05, 0) is 36.9 Å². The Morgan fingerprint density at radius 1 is 1.33 bits per heavy atom. The van der Waals surface area contributed by atoms with Gasteiger partial charge in [-0.15, -0.1) is 11.3 Å². The number of rotatable bonds is 7. The molecule has 112 valence electrons. The molecule has 4 nitrogen and oxygen atoms in total. The van der Waals surface area contributed by atoms with E-state index in [1.807, 2.05) is 35.4 Å². The summed E-state index contributed by atoms with van der Waals surface area (Å²) < 4.78 is 0. The van der Waals surface area contributed by atoms with E-state index in [1.165, 1.54) is 4.88 Å². The molecule has 0 fully saturated rings. The van der Waals surface area contributed by atoms with Gasteiger partial charge in [0.15, 0.2) is 0 Å². The molecule has 5 heteroatoms. The summed E-state index contributed by atoms with van der Waals surface area (Å²) in [7, 11) is 0. The standard InChI is InChI=1S/C16H21N3OS/c1-3-9-17-13-7-8-15(18-11-13)16(20)19(4-2)12-14-6-5-10-21-14/h5-8,10-11,17H,3-4,9,12H2,1-2H3. The normalized spacial score (nSPS) is 10.4. The highest BCUT2D eigenvalue weighted by Crippen LogP contribution is 2.14. The van der Waals surface area contributed by atoms with Gasteiger partial charge in [-0.3, -0.25) is 4.79 Å². The van der Waals surface area contributed by atoms with Crippen molar-refractivity contribution in [2.24, 2.45) is 0 Å². The van der Waals surface area contributed by atoms with Gasteiger partial charge in [0.2, 0.25) is 0 Å². The van der Waals surface area contributed by atoms with Gasteiger partial charge in [0.05, 0.1) is 18.4 Å². The van der Waals surface area contributed by atoms with Gasteiger partial charge in [-0.25, -0.2) is 4.98 Å². The zero-order valence-electron chi connectivity index (χ0n) is 12.5. The van der Waals surface area contributed by atoms with Crippen molar-refractivity contribution in [3.8, 4) is 0 Å². The first-order chi connectivity index (χ1) is 10.2. The first kappa shape index (κ1) is 15.5. The Bertz CT molecular complexity index is 551. The van der Waals surface area contributed by atoms with Gasteiger partial charge < -0.3 is 10.2 Å². The molecule has 0 aliphatic carbocycles. The van der Waals surface area contributed by atoms with Crippen LogP contribution in [0.1, 0.15) is 35.6 Å². The third-order valence-corrected chi connectivity index (χ3v) is 4.02. The van der Waals surface area contributed by atoms with E-state index in [2.05, 4.69) is 17.2 Å². The van der Waals surface area contributed by atoms with Crippen molar-refractivity contribution in [3.63, 3.8) is 0 Å². The third kappa shape index (κ3) is 4.29. The van der Waals surface area contributed by atoms with E-state index in [4.69, 9.17) is 0 Å². The molecule has 2 aromatic heterocycles. The van der Waals surface area contributed by atoms with E-state index in [0.717, 1.165) is 18.7 Å². The van der Waals surface area contributed by atoms with Crippen molar-refractivity contribution < 1.29 is 4.79 Å². The maximum atomic E-state index is 12.5. The second-order valence-electron chi connectivity index (χ2n) is 4.76. The minimum atomic E-state index is -0.0204. The third-order valence-electron chi connectivity index (χ3n) is 3.16. The minimum absolute atomic E-state index is 0.0204. The summed E-state index contributed by atoms with van der Waals surface area (Å²) in [6.07, 6.45) is 2.78. The van der Waals surface area contributed by atoms with Crippen molar-refractivity contribution in [3.05, 3.63) is 46.4 Å². The largest absolute Gasteiger partial charge is 0.384 e. The van der Waals surface area contributed by atoms with Crippen LogP contribution in [0.4, 0.5) is 5.69 Å². The predicted octanol–water partition coefficient (Wildman–Crippen LogP) is 3.63. The number of carbonyl (C=O) groups is 1. The maximum absolute atomic E-state index is 12.5. The molecule has 0 saturated carbocycles. The molecule has 1 N–H and O–H groups in total. The van der Waals surface area contributed by atoms with E-state index in [0.29, 0.717) is 18.8 Å². The first-order valence-electron chi connectivity index (χ1n) is 7.26. The Morgan fingerprint density at radius 3 is 2.76 bits per heavy atom. The number of amides is 1. The van der Waals surface area contributed by atoms with Crippen LogP contribution in [0.2, 0.25) is 0 Å². The topological polar surface area (TPSA) is 45.2 Å². The molecule has 2 aromatic rings. The molecule has 0 aliphatic heterocycles. The SMILES string of the molecule is CCCNc1ccc(C(=O)N(CC)Cc2cccs2)nc1. The average Bonchev–Trinajstić information content (AvgIpc) is 3.03. The first-order valence-corrected chi connectivity index (χ1v) is 8.14. The monoisotopic (exact) mass is 303 g/mol. The summed E-state index contributed by atoms with van der Waals surface area (Å²) in [5.41, 5.74) is 1.45. The summed E-state index contributed by atoms with van der Waals surface area (Å²) in [5, 5.41) is 5.28. The molecular weight excluding hydrogens is 282 g/mol. The van der Waals surface area contributed by atoms with Crippen molar-refractivity contribution in [2.45, 2.75) is 26.8 Å². The lowest BCUT2D eigenvalue weighted by Gasteiger charge is -2.19. The van der Waals surface area contributed by atoms with Crippen LogP contribution in [0.3, 0.4) is 0 Å². The van der Waals surface area contributed by atoms with E-state index in [9.17, 15) is 4.79 Å². The zero-order chi connectivity index (χ0) is 15.1. The van der Waals surface area contributed by atoms with Crippen LogP contribution in [-0.4, -0.2) is 28.9 Å². The van der Waals surface area contributed by atoms with Crippen LogP contribution in [0.25, 0.3) is 0 Å². The van der Waals surface area contributed by atoms with E-state index >= 15 is 0 Å². The van der Waals surface area contributed by atoms with Gasteiger partial charge in [-0.1, -0.05) is 13.0 Å². The van der Waals surface area contributed by atoms with Crippen LogP contribution in [0.15, 0.2) is 35.8 Å². The van der Waals surface area contributed by atoms with Crippen LogP contribution in [0, 0.1) is 0 Å². The fourth-order valence-corrected chi connectivity index (χ4v) is 2.69. The van der Waals surface area contributed by atoms with Gasteiger partial charge in [-0.2, -0.15) is 0 Å². The van der Waals surface area contributed by atoms with E-state index in [1.54, 1.807) is 23.6 Å². The summed E-state index contributed by atoms with van der Waals surface area (Å²) in [4.78, 5) is 19.8. The highest BCUT2D eigenvalue weighted by molar-refractivity contribution is 7.09. The zero-order valence-corrected chi connectivity index (χ0v) is 13.3. The summed E-state index contributed by atoms with van der Waals surface area (Å²) in [6.45, 7) is 6.33. The molecule has 21 heavy (non-hydrogen) atoms. The Morgan fingerprint density at radius 2 is 2.19 bits per heavy atom. The molecule has 0 radical (unpaired) electrons. The number of carbonyl (C=O) groups excluding carboxylic acids is 1. The van der Waals surface area contributed by atoms with Crippen LogP contribution in [0.5, 0.6) is 0 Å². The predicted molar refractivity (Wildman–Crippen MR) is 87.8 cm³/mol. The number of anilines is 1. The number of nitrogens with one attached hydrogen (secondary N) is 1. The molecule has 0 bridgehead atoms. The summed E-state index contributed by atoms with van der Waals surface area (Å²) >= 11 is 1.67. The van der Waals surface area contributed by atoms with Gasteiger partial charge in [0, 0.05) is 18.0 Å². The van der Waals surface area contributed by atoms with Crippen LogP contribution < -0.4 is 5.32 Å². The number of hydrogen-bond acceptors (Lipinski definition) is 4. The lowest BCUT2D eigenvalue weighted by Crippen LogP contribution is -2.30. The second kappa shape index (κ2) is 7.78. The van der Waals surface area contributed by atoms with Crippen LogP contribution >= 0.6 is 11.3 Å². The lowest BCUT2D eigenvalue weighted by molar-refractivity contribution is 0.0748. The quantitative estimate of drug-likeness (QED) is 0.849. The Labute approximate surface area is 129 Å². The Balaban J connectivity index is 2.03. The fourth-order valence-electron chi connectivity index (χ4n) is 1.97. The molecule has 0 spiro atoms. The molecule has 0 aromatic carbocycles. The summed E-state index contributed by atoms with van der Waals surface area (Å²) in [5.74, 6) is -0.0204. The van der Waals surface area contributed by atoms with Crippen molar-refractivity contribution in [1.29, 1.82) is 0 Å². The van der Waals surface area contributed by atoms with Crippen molar-refractivity contribution >= 4 is 22.9 Å². The molecule has 0 unspecified atom stereocenters. The molecular formula is C16H21N3OS. The van der Waals surface area contributed by atoms with Crippen molar-refractivity contribution in [2.75, 3.05) is 18.4 Å². The highest BCUT2D eigenvalue weighted by atomic mass is 32.1. The average molecular weight is 303 g/mol. The highest BCUT2D eigenvalue weighted by Gasteiger charge is 2.16. The smallest absolute Gasteiger partial charge is 0.272 e. The van der Waals surface area contributed by atoms with E-state index in [-0.39, 0.29) is 5.91 Å². The Kier molecular flexibility index (Phi) is 5.75. The maximum Gasteiger partial charge on any atom is 0.272 e. The number of nitrogens with zero attached hydrogens (tertiary/aromatic N) is 2. The van der Waals surface area contributed by atoms with Crippen LogP contribution in [-0.2, 0) is 6.54 Å².